The maximum atomic E-state index is 16.3. The minimum atomic E-state index is -1.90. The van der Waals surface area contributed by atoms with Gasteiger partial charge < -0.3 is 18.7 Å². The predicted octanol–water partition coefficient (Wildman–Crippen LogP) is 9.98. The summed E-state index contributed by atoms with van der Waals surface area (Å²) in [6, 6.07) is 31.5. The first-order valence-corrected chi connectivity index (χ1v) is 21.5. The third-order valence-corrected chi connectivity index (χ3v) is 16.1. The van der Waals surface area contributed by atoms with Gasteiger partial charge >= 0.3 is 0 Å². The Labute approximate surface area is 308 Å². The highest BCUT2D eigenvalue weighted by Crippen LogP contribution is 2.43. The van der Waals surface area contributed by atoms with Gasteiger partial charge in [-0.15, -0.1) is 0 Å². The van der Waals surface area contributed by atoms with E-state index in [-0.39, 0.29) is 28.4 Å². The molecular formula is C44H50FN3O3Si. The number of benzene rings is 4. The maximum Gasteiger partial charge on any atom is 0.212 e. The van der Waals surface area contributed by atoms with Crippen LogP contribution in [0, 0.1) is 5.82 Å². The van der Waals surface area contributed by atoms with Gasteiger partial charge in [-0.05, 0) is 56.8 Å². The van der Waals surface area contributed by atoms with Gasteiger partial charge in [0, 0.05) is 59.1 Å². The van der Waals surface area contributed by atoms with Crippen molar-refractivity contribution in [3.63, 3.8) is 0 Å². The summed E-state index contributed by atoms with van der Waals surface area (Å²) in [6.07, 6.45) is 6.84. The molecule has 4 aromatic carbocycles. The number of piperidine rings is 1. The van der Waals surface area contributed by atoms with Crippen LogP contribution >= 0.6 is 0 Å². The maximum absolute atomic E-state index is 16.3. The Hall–Kier alpha value is -4.53. The van der Waals surface area contributed by atoms with Gasteiger partial charge in [-0.3, -0.25) is 4.79 Å². The molecule has 1 unspecified atom stereocenters. The smallest absolute Gasteiger partial charge is 0.212 e. The van der Waals surface area contributed by atoms with E-state index in [1.165, 1.54) is 12.3 Å². The van der Waals surface area contributed by atoms with Crippen molar-refractivity contribution >= 4 is 31.1 Å². The number of nitrogens with zero attached hydrogens (tertiary/aromatic N) is 3. The molecule has 2 aliphatic rings. The van der Waals surface area contributed by atoms with Gasteiger partial charge in [0.05, 0.1) is 23.0 Å². The first kappa shape index (κ1) is 35.9. The van der Waals surface area contributed by atoms with Crippen LogP contribution in [0.25, 0.3) is 10.9 Å². The molecule has 3 heterocycles. The van der Waals surface area contributed by atoms with E-state index in [2.05, 4.69) is 55.4 Å². The molecule has 0 radical (unpaired) electrons. The largest absolute Gasteiger partial charge is 0.414 e. The lowest BCUT2D eigenvalue weighted by molar-refractivity contribution is 0.0183. The first-order chi connectivity index (χ1) is 24.9. The monoisotopic (exact) mass is 715 g/mol. The summed E-state index contributed by atoms with van der Waals surface area (Å²) in [5.74, 6) is -0.342. The highest BCUT2D eigenvalue weighted by Gasteiger charge is 2.41. The molecule has 0 amide bonds. The van der Waals surface area contributed by atoms with Crippen LogP contribution in [0.4, 0.5) is 10.1 Å². The number of pyridine rings is 1. The second-order valence-electron chi connectivity index (χ2n) is 16.0. The second kappa shape index (κ2) is 14.1. The van der Waals surface area contributed by atoms with Gasteiger partial charge in [-0.25, -0.2) is 4.39 Å². The van der Waals surface area contributed by atoms with E-state index in [1.807, 2.05) is 97.2 Å². The molecule has 0 spiro atoms. The Bertz CT molecular complexity index is 2020. The van der Waals surface area contributed by atoms with Crippen LogP contribution < -0.4 is 10.3 Å². The molecule has 2 aliphatic heterocycles. The van der Waals surface area contributed by atoms with E-state index in [9.17, 15) is 4.79 Å². The Morgan fingerprint density at radius 3 is 1.90 bits per heavy atom. The van der Waals surface area contributed by atoms with Gasteiger partial charge in [0.1, 0.15) is 5.82 Å². The van der Waals surface area contributed by atoms with Crippen molar-refractivity contribution in [2.24, 2.45) is 5.16 Å². The number of rotatable bonds is 9. The molecule has 1 fully saturated rings. The summed E-state index contributed by atoms with van der Waals surface area (Å²) in [6.45, 7) is 15.0. The molecule has 52 heavy (non-hydrogen) atoms. The molecule has 7 rings (SSSR count). The Kier molecular flexibility index (Phi) is 9.74. The van der Waals surface area contributed by atoms with Crippen LogP contribution in [0.3, 0.4) is 0 Å². The minimum Gasteiger partial charge on any atom is -0.414 e. The molecule has 1 atom stereocenters. The quantitative estimate of drug-likeness (QED) is 0.0660. The Morgan fingerprint density at radius 1 is 0.846 bits per heavy atom. The fraction of sp³-hybridized carbons (Fsp3) is 0.364. The fourth-order valence-electron chi connectivity index (χ4n) is 7.72. The van der Waals surface area contributed by atoms with Crippen LogP contribution in [0.1, 0.15) is 80.8 Å². The van der Waals surface area contributed by atoms with Crippen LogP contribution in [-0.4, -0.2) is 38.3 Å². The van der Waals surface area contributed by atoms with Crippen LogP contribution in [0.5, 0.6) is 0 Å². The molecule has 0 saturated carbocycles. The summed E-state index contributed by atoms with van der Waals surface area (Å²) in [5, 5.41) is 5.08. The topological polar surface area (TPSA) is 56.1 Å². The third kappa shape index (κ3) is 6.52. The molecule has 0 bridgehead atoms. The van der Waals surface area contributed by atoms with Crippen LogP contribution in [0.15, 0.2) is 113 Å². The van der Waals surface area contributed by atoms with Crippen LogP contribution in [0.2, 0.25) is 18.1 Å². The van der Waals surface area contributed by atoms with E-state index in [0.717, 1.165) is 66.5 Å². The lowest BCUT2D eigenvalue weighted by atomic mass is 9.80. The van der Waals surface area contributed by atoms with Crippen molar-refractivity contribution in [2.75, 3.05) is 18.0 Å². The SMILES string of the molecule is CC1CCc2c(N3CCC(O[Si](C)(C)C(C)(C)C)CC3)c(F)cc3c(=O)c(C=NOC(c4ccccc4)(c4ccccc4)c4ccccc4)cn1c23. The average molecular weight is 716 g/mol. The summed E-state index contributed by atoms with van der Waals surface area (Å²) in [7, 11) is -1.90. The van der Waals surface area contributed by atoms with Gasteiger partial charge in [0.2, 0.25) is 5.60 Å². The molecule has 5 aromatic rings. The number of aryl methyl sites for hydroxylation is 1. The van der Waals surface area contributed by atoms with Crippen molar-refractivity contribution in [3.8, 4) is 0 Å². The Balaban J connectivity index is 1.25. The van der Waals surface area contributed by atoms with E-state index in [4.69, 9.17) is 9.26 Å². The highest BCUT2D eigenvalue weighted by atomic mass is 28.4. The van der Waals surface area contributed by atoms with E-state index < -0.39 is 13.9 Å². The molecule has 0 N–H and O–H groups in total. The van der Waals surface area contributed by atoms with E-state index >= 15 is 4.39 Å². The van der Waals surface area contributed by atoms with Gasteiger partial charge in [-0.2, -0.15) is 0 Å². The van der Waals surface area contributed by atoms with E-state index in [1.54, 1.807) is 0 Å². The number of aromatic nitrogens is 1. The fourth-order valence-corrected chi connectivity index (χ4v) is 9.14. The molecule has 0 aliphatic carbocycles. The highest BCUT2D eigenvalue weighted by molar-refractivity contribution is 6.74. The number of halogens is 1. The predicted molar refractivity (Wildman–Crippen MR) is 213 cm³/mol. The number of hydrogen-bond donors (Lipinski definition) is 0. The summed E-state index contributed by atoms with van der Waals surface area (Å²) in [5.41, 5.74) is 4.11. The standard InChI is InChI=1S/C44H50FN3O3Si/c1-31-22-23-37-40-38(28-39(45)41(37)47-26-24-36(25-27-47)50-52(5,6)43(2,3)4)42(49)32(30-48(31)40)29-46-51-44(33-16-10-7-11-17-33,34-18-12-8-13-19-34)35-20-14-9-15-21-35/h7-21,28-31,36H,22-27H2,1-6H3. The normalized spacial score (nSPS) is 17.2. The summed E-state index contributed by atoms with van der Waals surface area (Å²) in [4.78, 5) is 23.0. The number of hydrogen-bond acceptors (Lipinski definition) is 5. The number of oxime groups is 1. The molecule has 270 valence electrons. The zero-order chi connectivity index (χ0) is 36.7. The molecular weight excluding hydrogens is 666 g/mol. The van der Waals surface area contributed by atoms with Gasteiger partial charge in [0.25, 0.3) is 0 Å². The molecule has 8 heteroatoms. The minimum absolute atomic E-state index is 0.128. The lowest BCUT2D eigenvalue weighted by Gasteiger charge is -2.43. The van der Waals surface area contributed by atoms with Crippen molar-refractivity contribution in [2.45, 2.75) is 89.3 Å². The van der Waals surface area contributed by atoms with Crippen molar-refractivity contribution in [1.82, 2.24) is 4.57 Å². The second-order valence-corrected chi connectivity index (χ2v) is 20.7. The van der Waals surface area contributed by atoms with Gasteiger partial charge in [-0.1, -0.05) is 117 Å². The molecule has 1 saturated heterocycles. The summed E-state index contributed by atoms with van der Waals surface area (Å²) < 4.78 is 25.2. The first-order valence-electron chi connectivity index (χ1n) is 18.6. The molecule has 1 aromatic heterocycles. The Morgan fingerprint density at radius 2 is 1.38 bits per heavy atom. The van der Waals surface area contributed by atoms with Crippen LogP contribution in [-0.2, 0) is 21.3 Å². The van der Waals surface area contributed by atoms with Crippen molar-refractivity contribution < 1.29 is 13.7 Å². The molecule has 6 nitrogen and oxygen atoms in total. The zero-order valence-electron chi connectivity index (χ0n) is 31.2. The van der Waals surface area contributed by atoms with Crippen molar-refractivity contribution in [1.29, 1.82) is 0 Å². The summed E-state index contributed by atoms with van der Waals surface area (Å²) >= 11 is 0. The number of anilines is 1. The van der Waals surface area contributed by atoms with Crippen molar-refractivity contribution in [3.05, 3.63) is 147 Å². The van der Waals surface area contributed by atoms with Gasteiger partial charge in [0.15, 0.2) is 13.7 Å². The zero-order valence-corrected chi connectivity index (χ0v) is 32.2. The average Bonchev–Trinajstić information content (AvgIpc) is 3.14. The third-order valence-electron chi connectivity index (χ3n) is 11.6. The lowest BCUT2D eigenvalue weighted by Crippen LogP contribution is -2.47. The van der Waals surface area contributed by atoms with E-state index in [0.29, 0.717) is 16.6 Å².